The number of nitrogen functional groups attached to an aromatic ring is 1. The Morgan fingerprint density at radius 2 is 1.59 bits per heavy atom. The number of nitrogens with two attached hydrogens (primary N) is 1. The van der Waals surface area contributed by atoms with Gasteiger partial charge in [-0.15, -0.1) is 0 Å². The maximum Gasteiger partial charge on any atom is 0.324 e. The number of benzene rings is 1. The number of nitrogens with one attached hydrogen (secondary N) is 2. The highest BCUT2D eigenvalue weighted by Gasteiger charge is 2.30. The molecule has 2 aliphatic rings. The number of non-ortho nitro benzene ring substituents is 1. The molecule has 0 atom stereocenters. The Kier molecular flexibility index (Phi) is 9.10. The fraction of sp³-hybridized carbons (Fsp3) is 0.524. The van der Waals surface area contributed by atoms with E-state index in [1.165, 1.54) is 37.8 Å². The number of anilines is 1. The van der Waals surface area contributed by atoms with Crippen molar-refractivity contribution in [1.29, 1.82) is 0 Å². The number of rotatable bonds is 5. The summed E-state index contributed by atoms with van der Waals surface area (Å²) in [4.78, 5) is 37.3. The van der Waals surface area contributed by atoms with Gasteiger partial charge in [0.2, 0.25) is 0 Å². The fourth-order valence-electron chi connectivity index (χ4n) is 4.44. The Balaban J connectivity index is 0.000000214. The SMILES string of the molecule is Nc1ncc(C2CCN(C(=S)NC3CCCCC3)CC2)[nH]1.O=[N+]([O-])c1cc([N+](=O)[O-])c(O)c([N+](=O)[O-])c1. The van der Waals surface area contributed by atoms with Crippen molar-refractivity contribution in [3.05, 3.63) is 54.4 Å². The molecule has 1 saturated heterocycles. The first-order valence-corrected chi connectivity index (χ1v) is 12.1. The molecule has 2 heterocycles. The molecule has 0 unspecified atom stereocenters. The topological polar surface area (TPSA) is 220 Å². The van der Waals surface area contributed by atoms with E-state index in [1.807, 2.05) is 6.20 Å². The van der Waals surface area contributed by atoms with E-state index >= 15 is 0 Å². The Labute approximate surface area is 216 Å². The zero-order chi connectivity index (χ0) is 27.1. The molecule has 1 aliphatic carbocycles. The van der Waals surface area contributed by atoms with Crippen molar-refractivity contribution in [3.63, 3.8) is 0 Å². The number of likely N-dealkylation sites (tertiary alicyclic amines) is 1. The molecule has 0 radical (unpaired) electrons. The molecule has 1 aromatic carbocycles. The van der Waals surface area contributed by atoms with Gasteiger partial charge in [0, 0.05) is 30.7 Å². The minimum absolute atomic E-state index is 0.447. The summed E-state index contributed by atoms with van der Waals surface area (Å²) in [6.45, 7) is 2.03. The fourth-order valence-corrected chi connectivity index (χ4v) is 4.79. The van der Waals surface area contributed by atoms with E-state index in [1.54, 1.807) is 0 Å². The largest absolute Gasteiger partial charge is 0.497 e. The number of piperidine rings is 1. The lowest BCUT2D eigenvalue weighted by Crippen LogP contribution is -2.47. The van der Waals surface area contributed by atoms with Gasteiger partial charge in [-0.2, -0.15) is 0 Å². The summed E-state index contributed by atoms with van der Waals surface area (Å²) in [7, 11) is 0. The van der Waals surface area contributed by atoms with Gasteiger partial charge in [0.25, 0.3) is 11.4 Å². The molecule has 0 spiro atoms. The van der Waals surface area contributed by atoms with Gasteiger partial charge in [-0.1, -0.05) is 19.3 Å². The number of nitrogens with zero attached hydrogens (tertiary/aromatic N) is 5. The summed E-state index contributed by atoms with van der Waals surface area (Å²) in [6, 6.07) is 1.49. The van der Waals surface area contributed by atoms with E-state index in [-0.39, 0.29) is 0 Å². The van der Waals surface area contributed by atoms with Crippen LogP contribution < -0.4 is 11.1 Å². The highest BCUT2D eigenvalue weighted by Crippen LogP contribution is 2.39. The first kappa shape index (κ1) is 27.5. The van der Waals surface area contributed by atoms with E-state index in [0.29, 0.717) is 30.0 Å². The Morgan fingerprint density at radius 1 is 1.03 bits per heavy atom. The molecule has 1 aromatic heterocycles. The van der Waals surface area contributed by atoms with Crippen molar-refractivity contribution in [2.45, 2.75) is 56.9 Å². The first-order chi connectivity index (χ1) is 17.6. The molecule has 1 saturated carbocycles. The Bertz CT molecular complexity index is 1120. The van der Waals surface area contributed by atoms with E-state index in [4.69, 9.17) is 23.1 Å². The summed E-state index contributed by atoms with van der Waals surface area (Å²) >= 11 is 5.59. The maximum atomic E-state index is 10.4. The van der Waals surface area contributed by atoms with Gasteiger partial charge in [-0.25, -0.2) is 4.98 Å². The van der Waals surface area contributed by atoms with Gasteiger partial charge in [0.05, 0.1) is 33.1 Å². The van der Waals surface area contributed by atoms with Crippen LogP contribution in [0.3, 0.4) is 0 Å². The number of H-pyrrole nitrogens is 1. The predicted molar refractivity (Wildman–Crippen MR) is 137 cm³/mol. The van der Waals surface area contributed by atoms with Gasteiger partial charge >= 0.3 is 11.4 Å². The lowest BCUT2D eigenvalue weighted by atomic mass is 9.94. The second-order valence-corrected chi connectivity index (χ2v) is 9.26. The smallest absolute Gasteiger partial charge is 0.324 e. The third-order valence-corrected chi connectivity index (χ3v) is 6.80. The van der Waals surface area contributed by atoms with Crippen LogP contribution in [0.15, 0.2) is 18.3 Å². The van der Waals surface area contributed by atoms with Crippen LogP contribution in [0.5, 0.6) is 5.75 Å². The molecular formula is C21H28N8O7S. The quantitative estimate of drug-likeness (QED) is 0.245. The van der Waals surface area contributed by atoms with Gasteiger partial charge < -0.3 is 26.0 Å². The second kappa shape index (κ2) is 12.2. The van der Waals surface area contributed by atoms with E-state index < -0.39 is 37.6 Å². The van der Waals surface area contributed by atoms with Gasteiger partial charge in [-0.05, 0) is 37.9 Å². The standard InChI is InChI=1S/C15H25N5S.C6H3N3O7/c16-14-17-10-13(19-14)11-6-8-20(9-7-11)15(21)18-12-4-2-1-3-5-12;10-6-4(8(13)14)1-3(7(11)12)2-5(6)9(15)16/h10-12H,1-9H2,(H,18,21)(H3,16,17,19);1-2,10H. The minimum atomic E-state index is -1.21. The summed E-state index contributed by atoms with van der Waals surface area (Å²) in [5.41, 5.74) is 3.82. The highest BCUT2D eigenvalue weighted by atomic mass is 32.1. The predicted octanol–water partition coefficient (Wildman–Crippen LogP) is 3.50. The number of nitro groups is 3. The third kappa shape index (κ3) is 7.22. The molecule has 15 nitrogen and oxygen atoms in total. The van der Waals surface area contributed by atoms with Gasteiger partial charge in [0.1, 0.15) is 0 Å². The number of aromatic hydroxyl groups is 1. The van der Waals surface area contributed by atoms with E-state index in [9.17, 15) is 30.3 Å². The number of aromatic nitrogens is 2. The van der Waals surface area contributed by atoms with Crippen LogP contribution in [0.25, 0.3) is 0 Å². The van der Waals surface area contributed by atoms with Crippen molar-refractivity contribution >= 4 is 40.3 Å². The van der Waals surface area contributed by atoms with Crippen molar-refractivity contribution in [2.75, 3.05) is 18.8 Å². The van der Waals surface area contributed by atoms with Crippen molar-refractivity contribution in [2.24, 2.45) is 0 Å². The molecule has 4 rings (SSSR count). The zero-order valence-electron chi connectivity index (χ0n) is 19.9. The normalized spacial score (nSPS) is 16.4. The number of nitro benzene ring substituents is 3. The molecule has 1 aliphatic heterocycles. The lowest BCUT2D eigenvalue weighted by Gasteiger charge is -2.35. The maximum absolute atomic E-state index is 10.4. The first-order valence-electron chi connectivity index (χ1n) is 11.7. The third-order valence-electron chi connectivity index (χ3n) is 6.43. The lowest BCUT2D eigenvalue weighted by molar-refractivity contribution is -0.404. The van der Waals surface area contributed by atoms with Crippen molar-refractivity contribution < 1.29 is 19.9 Å². The Hall–Kier alpha value is -4.08. The number of hydrogen-bond donors (Lipinski definition) is 4. The number of thiocarbonyl (C=S) groups is 1. The number of phenolic OH excluding ortho intramolecular Hbond substituents is 1. The number of imidazole rings is 1. The summed E-state index contributed by atoms with van der Waals surface area (Å²) in [6.07, 6.45) is 10.7. The molecule has 2 fully saturated rings. The van der Waals surface area contributed by atoms with E-state index in [2.05, 4.69) is 20.2 Å². The molecule has 0 amide bonds. The van der Waals surface area contributed by atoms with Crippen molar-refractivity contribution in [3.8, 4) is 5.75 Å². The van der Waals surface area contributed by atoms with Gasteiger partial charge in [-0.3, -0.25) is 30.3 Å². The average Bonchev–Trinajstić information content (AvgIpc) is 3.31. The van der Waals surface area contributed by atoms with Crippen LogP contribution in [0.1, 0.15) is 56.6 Å². The molecule has 200 valence electrons. The van der Waals surface area contributed by atoms with Crippen LogP contribution in [0.2, 0.25) is 0 Å². The molecule has 16 heteroatoms. The molecule has 0 bridgehead atoms. The average molecular weight is 537 g/mol. The monoisotopic (exact) mass is 536 g/mol. The summed E-state index contributed by atoms with van der Waals surface area (Å²) in [5.74, 6) is -0.161. The Morgan fingerprint density at radius 3 is 2.05 bits per heavy atom. The van der Waals surface area contributed by atoms with Crippen molar-refractivity contribution in [1.82, 2.24) is 20.2 Å². The molecule has 37 heavy (non-hydrogen) atoms. The molecule has 5 N–H and O–H groups in total. The molecular weight excluding hydrogens is 508 g/mol. The van der Waals surface area contributed by atoms with Crippen LogP contribution >= 0.6 is 12.2 Å². The van der Waals surface area contributed by atoms with Crippen LogP contribution in [-0.2, 0) is 0 Å². The highest BCUT2D eigenvalue weighted by molar-refractivity contribution is 7.80. The second-order valence-electron chi connectivity index (χ2n) is 8.87. The van der Waals surface area contributed by atoms with Crippen LogP contribution in [0.4, 0.5) is 23.0 Å². The summed E-state index contributed by atoms with van der Waals surface area (Å²) in [5, 5.41) is 44.7. The summed E-state index contributed by atoms with van der Waals surface area (Å²) < 4.78 is 0. The molecule has 2 aromatic rings. The number of hydrogen-bond acceptors (Lipinski definition) is 10. The van der Waals surface area contributed by atoms with Crippen LogP contribution in [-0.4, -0.2) is 59.0 Å². The van der Waals surface area contributed by atoms with Gasteiger partial charge in [0.15, 0.2) is 11.1 Å². The van der Waals surface area contributed by atoms with Crippen LogP contribution in [0, 0.1) is 30.3 Å². The number of aromatic amines is 1. The van der Waals surface area contributed by atoms with E-state index in [0.717, 1.165) is 31.0 Å². The minimum Gasteiger partial charge on any atom is -0.497 e. The zero-order valence-corrected chi connectivity index (χ0v) is 20.7. The number of phenols is 1.